The molecule has 134 valence electrons. The number of carbonyl (C=O) groups is 2. The molecule has 1 amide bonds. The normalized spacial score (nSPS) is 10.6. The fourth-order valence-corrected chi connectivity index (χ4v) is 3.53. The van der Waals surface area contributed by atoms with Crippen LogP contribution in [0.1, 0.15) is 32.5 Å². The van der Waals surface area contributed by atoms with Gasteiger partial charge in [-0.05, 0) is 43.7 Å². The number of ether oxygens (including phenoxy) is 2. The van der Waals surface area contributed by atoms with Gasteiger partial charge in [-0.1, -0.05) is 0 Å². The van der Waals surface area contributed by atoms with E-state index in [9.17, 15) is 9.59 Å². The standard InChI is InChI=1S/C18H17N3O4S/c1-4-25-16-13-10(2)14(26-17(13)20-9-19-16)15(22)21-12-7-5-11(6-8-12)18(23)24-3/h5-9H,4H2,1-3H3,(H,21,22). The summed E-state index contributed by atoms with van der Waals surface area (Å²) >= 11 is 1.29. The lowest BCUT2D eigenvalue weighted by Crippen LogP contribution is -2.11. The number of carbonyl (C=O) groups excluding carboxylic acids is 2. The molecule has 3 rings (SSSR count). The maximum absolute atomic E-state index is 12.7. The number of thiophene rings is 1. The summed E-state index contributed by atoms with van der Waals surface area (Å²) in [5, 5.41) is 3.58. The van der Waals surface area contributed by atoms with Gasteiger partial charge in [0, 0.05) is 5.69 Å². The Hall–Kier alpha value is -3.00. The quantitative estimate of drug-likeness (QED) is 0.691. The Kier molecular flexibility index (Phi) is 5.13. The lowest BCUT2D eigenvalue weighted by molar-refractivity contribution is 0.0600. The third-order valence-corrected chi connectivity index (χ3v) is 4.94. The predicted molar refractivity (Wildman–Crippen MR) is 99.1 cm³/mol. The Morgan fingerprint density at radius 2 is 1.92 bits per heavy atom. The molecule has 8 heteroatoms. The van der Waals surface area contributed by atoms with Crippen molar-refractivity contribution in [1.82, 2.24) is 9.97 Å². The first kappa shape index (κ1) is 17.8. The Labute approximate surface area is 154 Å². The third-order valence-electron chi connectivity index (χ3n) is 3.74. The molecule has 0 atom stereocenters. The number of aryl methyl sites for hydroxylation is 1. The zero-order valence-electron chi connectivity index (χ0n) is 14.5. The molecule has 0 unspecified atom stereocenters. The molecule has 1 N–H and O–H groups in total. The zero-order chi connectivity index (χ0) is 18.7. The topological polar surface area (TPSA) is 90.4 Å². The van der Waals surface area contributed by atoms with Crippen LogP contribution in [0.2, 0.25) is 0 Å². The average molecular weight is 371 g/mol. The number of aromatic nitrogens is 2. The van der Waals surface area contributed by atoms with Crippen LogP contribution in [0, 0.1) is 6.92 Å². The molecule has 1 aromatic carbocycles. The van der Waals surface area contributed by atoms with E-state index in [-0.39, 0.29) is 5.91 Å². The predicted octanol–water partition coefficient (Wildman–Crippen LogP) is 3.44. The Balaban J connectivity index is 1.87. The molecule has 0 saturated carbocycles. The number of anilines is 1. The van der Waals surface area contributed by atoms with Crippen LogP contribution in [0.5, 0.6) is 5.88 Å². The van der Waals surface area contributed by atoms with Gasteiger partial charge >= 0.3 is 5.97 Å². The fraction of sp³-hybridized carbons (Fsp3) is 0.222. The van der Waals surface area contributed by atoms with Gasteiger partial charge in [0.1, 0.15) is 11.2 Å². The molecule has 0 radical (unpaired) electrons. The first-order chi connectivity index (χ1) is 12.5. The van der Waals surface area contributed by atoms with E-state index in [0.29, 0.717) is 33.4 Å². The van der Waals surface area contributed by atoms with Crippen molar-refractivity contribution in [3.63, 3.8) is 0 Å². The Morgan fingerprint density at radius 3 is 2.58 bits per heavy atom. The van der Waals surface area contributed by atoms with Crippen LogP contribution in [0.25, 0.3) is 10.2 Å². The van der Waals surface area contributed by atoms with Crippen molar-refractivity contribution in [2.24, 2.45) is 0 Å². The van der Waals surface area contributed by atoms with Gasteiger partial charge in [-0.15, -0.1) is 11.3 Å². The number of fused-ring (bicyclic) bond motifs is 1. The number of nitrogens with zero attached hydrogens (tertiary/aromatic N) is 2. The SMILES string of the molecule is CCOc1ncnc2sc(C(=O)Nc3ccc(C(=O)OC)cc3)c(C)c12. The summed E-state index contributed by atoms with van der Waals surface area (Å²) < 4.78 is 10.2. The summed E-state index contributed by atoms with van der Waals surface area (Å²) in [6.07, 6.45) is 1.43. The van der Waals surface area contributed by atoms with Gasteiger partial charge in [0.25, 0.3) is 5.91 Å². The third kappa shape index (κ3) is 3.36. The average Bonchev–Trinajstić information content (AvgIpc) is 3.00. The van der Waals surface area contributed by atoms with E-state index in [1.807, 2.05) is 13.8 Å². The van der Waals surface area contributed by atoms with Crippen LogP contribution in [0.3, 0.4) is 0 Å². The monoisotopic (exact) mass is 371 g/mol. The number of benzene rings is 1. The summed E-state index contributed by atoms with van der Waals surface area (Å²) in [7, 11) is 1.32. The minimum absolute atomic E-state index is 0.251. The second kappa shape index (κ2) is 7.49. The van der Waals surface area contributed by atoms with Gasteiger partial charge in [0.05, 0.1) is 29.5 Å². The number of amides is 1. The van der Waals surface area contributed by atoms with Gasteiger partial charge in [-0.3, -0.25) is 4.79 Å². The molecule has 0 spiro atoms. The Morgan fingerprint density at radius 1 is 1.19 bits per heavy atom. The van der Waals surface area contributed by atoms with Crippen molar-refractivity contribution < 1.29 is 19.1 Å². The molecule has 3 aromatic rings. The van der Waals surface area contributed by atoms with Crippen LogP contribution in [0.4, 0.5) is 5.69 Å². The molecule has 0 aliphatic carbocycles. The first-order valence-electron chi connectivity index (χ1n) is 7.91. The second-order valence-electron chi connectivity index (χ2n) is 5.37. The van der Waals surface area contributed by atoms with Crippen LogP contribution in [-0.2, 0) is 4.74 Å². The molecule has 0 aliphatic heterocycles. The number of methoxy groups -OCH3 is 1. The summed E-state index contributed by atoms with van der Waals surface area (Å²) in [5.74, 6) is -0.197. The lowest BCUT2D eigenvalue weighted by Gasteiger charge is -2.06. The molecule has 0 fully saturated rings. The molecular weight excluding hydrogens is 354 g/mol. The van der Waals surface area contributed by atoms with Crippen molar-refractivity contribution in [1.29, 1.82) is 0 Å². The highest BCUT2D eigenvalue weighted by molar-refractivity contribution is 7.20. The van der Waals surface area contributed by atoms with Crippen LogP contribution >= 0.6 is 11.3 Å². The summed E-state index contributed by atoms with van der Waals surface area (Å²) in [6.45, 7) is 4.21. The zero-order valence-corrected chi connectivity index (χ0v) is 15.3. The molecule has 2 heterocycles. The fourth-order valence-electron chi connectivity index (χ4n) is 2.50. The van der Waals surface area contributed by atoms with Crippen molar-refractivity contribution in [2.75, 3.05) is 19.0 Å². The second-order valence-corrected chi connectivity index (χ2v) is 6.37. The van der Waals surface area contributed by atoms with Gasteiger partial charge in [-0.2, -0.15) is 0 Å². The van der Waals surface area contributed by atoms with Gasteiger partial charge in [0.15, 0.2) is 0 Å². The number of hydrogen-bond acceptors (Lipinski definition) is 7. The number of rotatable bonds is 5. The minimum atomic E-state index is -0.426. The maximum atomic E-state index is 12.7. The van der Waals surface area contributed by atoms with E-state index in [1.165, 1.54) is 24.8 Å². The van der Waals surface area contributed by atoms with Crippen LogP contribution in [-0.4, -0.2) is 35.6 Å². The summed E-state index contributed by atoms with van der Waals surface area (Å²) in [4.78, 5) is 33.8. The molecule has 26 heavy (non-hydrogen) atoms. The number of esters is 1. The van der Waals surface area contributed by atoms with Crippen molar-refractivity contribution in [3.05, 3.63) is 46.6 Å². The lowest BCUT2D eigenvalue weighted by atomic mass is 10.2. The van der Waals surface area contributed by atoms with Crippen molar-refractivity contribution in [2.45, 2.75) is 13.8 Å². The van der Waals surface area contributed by atoms with E-state index in [0.717, 1.165) is 10.9 Å². The molecule has 0 saturated heterocycles. The van der Waals surface area contributed by atoms with Gasteiger partial charge in [0.2, 0.25) is 5.88 Å². The molecular formula is C18H17N3O4S. The van der Waals surface area contributed by atoms with Gasteiger partial charge in [-0.25, -0.2) is 14.8 Å². The van der Waals surface area contributed by atoms with E-state index >= 15 is 0 Å². The first-order valence-corrected chi connectivity index (χ1v) is 8.73. The Bertz CT molecular complexity index is 966. The van der Waals surface area contributed by atoms with E-state index in [4.69, 9.17) is 4.74 Å². The van der Waals surface area contributed by atoms with E-state index in [2.05, 4.69) is 20.0 Å². The number of hydrogen-bond donors (Lipinski definition) is 1. The highest BCUT2D eigenvalue weighted by atomic mass is 32.1. The highest BCUT2D eigenvalue weighted by Crippen LogP contribution is 2.34. The minimum Gasteiger partial charge on any atom is -0.477 e. The smallest absolute Gasteiger partial charge is 0.337 e. The molecule has 0 aliphatic rings. The molecule has 2 aromatic heterocycles. The van der Waals surface area contributed by atoms with E-state index < -0.39 is 5.97 Å². The summed E-state index contributed by atoms with van der Waals surface area (Å²) in [6, 6.07) is 6.49. The molecule has 7 nitrogen and oxygen atoms in total. The van der Waals surface area contributed by atoms with Crippen molar-refractivity contribution >= 4 is 39.1 Å². The summed E-state index contributed by atoms with van der Waals surface area (Å²) in [5.41, 5.74) is 1.77. The highest BCUT2D eigenvalue weighted by Gasteiger charge is 2.20. The van der Waals surface area contributed by atoms with Crippen molar-refractivity contribution in [3.8, 4) is 5.88 Å². The maximum Gasteiger partial charge on any atom is 0.337 e. The molecule has 0 bridgehead atoms. The van der Waals surface area contributed by atoms with Crippen LogP contribution in [0.15, 0.2) is 30.6 Å². The van der Waals surface area contributed by atoms with Crippen LogP contribution < -0.4 is 10.1 Å². The van der Waals surface area contributed by atoms with E-state index in [1.54, 1.807) is 24.3 Å². The van der Waals surface area contributed by atoms with Gasteiger partial charge < -0.3 is 14.8 Å². The largest absolute Gasteiger partial charge is 0.477 e. The number of nitrogens with one attached hydrogen (secondary N) is 1.